The topological polar surface area (TPSA) is 24.8 Å². The Morgan fingerprint density at radius 3 is 2.49 bits per heavy atom. The molecular formula is C38H56N2O. The van der Waals surface area contributed by atoms with E-state index in [0.717, 1.165) is 59.3 Å². The third-order valence-electron chi connectivity index (χ3n) is 9.18. The summed E-state index contributed by atoms with van der Waals surface area (Å²) in [5.41, 5.74) is 9.91. The molecule has 1 aromatic carbocycles. The van der Waals surface area contributed by atoms with E-state index in [4.69, 9.17) is 9.73 Å². The molecule has 1 aliphatic carbocycles. The van der Waals surface area contributed by atoms with Crippen LogP contribution in [-0.2, 0) is 0 Å². The lowest BCUT2D eigenvalue weighted by Gasteiger charge is -2.21. The van der Waals surface area contributed by atoms with Crippen LogP contribution in [0.4, 0.5) is 0 Å². The van der Waals surface area contributed by atoms with Gasteiger partial charge in [-0.1, -0.05) is 57.9 Å². The lowest BCUT2D eigenvalue weighted by Crippen LogP contribution is -2.19. The van der Waals surface area contributed by atoms with E-state index in [1.807, 2.05) is 0 Å². The Kier molecular flexibility index (Phi) is 12.8. The zero-order valence-electron chi connectivity index (χ0n) is 27.6. The van der Waals surface area contributed by atoms with Gasteiger partial charge in [0.05, 0.1) is 11.5 Å². The van der Waals surface area contributed by atoms with Crippen LogP contribution in [0.2, 0.25) is 0 Å². The summed E-state index contributed by atoms with van der Waals surface area (Å²) in [4.78, 5) is 7.98. The average Bonchev–Trinajstić information content (AvgIpc) is 3.39. The quantitative estimate of drug-likeness (QED) is 0.137. The fourth-order valence-electron chi connectivity index (χ4n) is 5.53. The number of nitrogens with zero attached hydrogens (tertiary/aromatic N) is 2. The second-order valence-corrected chi connectivity index (χ2v) is 12.2. The van der Waals surface area contributed by atoms with Crippen LogP contribution in [0.5, 0.6) is 5.75 Å². The Bertz CT molecular complexity index is 1220. The maximum absolute atomic E-state index is 6.39. The summed E-state index contributed by atoms with van der Waals surface area (Å²) in [7, 11) is 0. The number of benzene rings is 1. The smallest absolute Gasteiger partial charge is 0.130 e. The second kappa shape index (κ2) is 16.0. The fraction of sp³-hybridized carbons (Fsp3) is 0.553. The van der Waals surface area contributed by atoms with Gasteiger partial charge in [0, 0.05) is 30.1 Å². The van der Waals surface area contributed by atoms with E-state index in [2.05, 4.69) is 110 Å². The van der Waals surface area contributed by atoms with Crippen molar-refractivity contribution in [3.63, 3.8) is 0 Å². The maximum Gasteiger partial charge on any atom is 0.130 e. The molecule has 224 valence electrons. The molecule has 2 aliphatic rings. The predicted octanol–water partition coefficient (Wildman–Crippen LogP) is 11.0. The lowest BCUT2D eigenvalue weighted by molar-refractivity contribution is 0.404. The number of ether oxygens (including phenoxy) is 1. The number of aliphatic imine (C=N–C) groups is 1. The summed E-state index contributed by atoms with van der Waals surface area (Å²) in [6, 6.07) is 6.56. The van der Waals surface area contributed by atoms with E-state index in [-0.39, 0.29) is 0 Å². The molecule has 41 heavy (non-hydrogen) atoms. The first-order valence-electron chi connectivity index (χ1n) is 16.2. The molecule has 1 unspecified atom stereocenters. The van der Waals surface area contributed by atoms with Crippen LogP contribution in [0.15, 0.2) is 75.7 Å². The van der Waals surface area contributed by atoms with Crippen molar-refractivity contribution in [2.24, 2.45) is 16.8 Å². The molecule has 0 radical (unpaired) electrons. The summed E-state index contributed by atoms with van der Waals surface area (Å²) in [6.45, 7) is 22.1. The van der Waals surface area contributed by atoms with Crippen molar-refractivity contribution in [2.45, 2.75) is 114 Å². The Balaban J connectivity index is 2.03. The van der Waals surface area contributed by atoms with Crippen molar-refractivity contribution in [3.05, 3.63) is 81.8 Å². The van der Waals surface area contributed by atoms with Crippen LogP contribution in [0.25, 0.3) is 5.70 Å². The zero-order valence-corrected chi connectivity index (χ0v) is 27.6. The SMILES string of the molecule is C\C=C(/C=C\C(=N/C(=C\C(C)=C1CCC1)c1ccc(C)c(O/C(C)=C(\C)CC)c1)C(C)CC)N1CC[C@H](CCC)C1. The van der Waals surface area contributed by atoms with Crippen LogP contribution in [0.1, 0.15) is 118 Å². The van der Waals surface area contributed by atoms with Crippen molar-refractivity contribution in [1.29, 1.82) is 0 Å². The Hall–Kier alpha value is -2.81. The van der Waals surface area contributed by atoms with Crippen LogP contribution in [0, 0.1) is 18.8 Å². The van der Waals surface area contributed by atoms with Gasteiger partial charge in [-0.05, 0) is 132 Å². The minimum Gasteiger partial charge on any atom is -0.462 e. The largest absolute Gasteiger partial charge is 0.462 e. The Labute approximate surface area is 251 Å². The number of rotatable bonds is 13. The summed E-state index contributed by atoms with van der Waals surface area (Å²) in [6.07, 6.45) is 18.8. The summed E-state index contributed by atoms with van der Waals surface area (Å²) in [5, 5.41) is 0. The minimum atomic E-state index is 0.356. The molecule has 2 atom stereocenters. The zero-order chi connectivity index (χ0) is 29.9. The first-order chi connectivity index (χ1) is 19.7. The molecule has 3 heteroatoms. The van der Waals surface area contributed by atoms with E-state index in [1.54, 1.807) is 5.57 Å². The van der Waals surface area contributed by atoms with Crippen LogP contribution < -0.4 is 4.74 Å². The molecule has 1 aromatic rings. The molecule has 1 heterocycles. The number of hydrogen-bond acceptors (Lipinski definition) is 3. The van der Waals surface area contributed by atoms with Gasteiger partial charge in [0.15, 0.2) is 0 Å². The van der Waals surface area contributed by atoms with Crippen molar-refractivity contribution in [2.75, 3.05) is 13.1 Å². The monoisotopic (exact) mass is 556 g/mol. The summed E-state index contributed by atoms with van der Waals surface area (Å²) >= 11 is 0. The highest BCUT2D eigenvalue weighted by Gasteiger charge is 2.22. The van der Waals surface area contributed by atoms with Gasteiger partial charge in [0.1, 0.15) is 5.75 Å². The summed E-state index contributed by atoms with van der Waals surface area (Å²) < 4.78 is 6.39. The van der Waals surface area contributed by atoms with E-state index in [9.17, 15) is 0 Å². The van der Waals surface area contributed by atoms with E-state index in [0.29, 0.717) is 5.92 Å². The fourth-order valence-corrected chi connectivity index (χ4v) is 5.53. The lowest BCUT2D eigenvalue weighted by atomic mass is 9.88. The number of hydrogen-bond donors (Lipinski definition) is 0. The molecule has 0 N–H and O–H groups in total. The van der Waals surface area contributed by atoms with E-state index in [1.165, 1.54) is 61.9 Å². The highest BCUT2D eigenvalue weighted by atomic mass is 16.5. The predicted molar refractivity (Wildman–Crippen MR) is 179 cm³/mol. The standard InChI is InChI=1S/C38H56N2O/c1-10-15-32-22-23-40(26-32)35(13-4)20-21-36(28(6)12-3)39-37(24-30(8)33-16-14-17-33)34-19-18-29(7)38(25-34)41-31(9)27(5)11-2/h13,18-21,24-25,28,32H,10-12,14-17,22-23,26H2,1-9H3/b21-20-,31-27+,35-13+,37-24-,39-36+/t28?,32-/m0/s1. The van der Waals surface area contributed by atoms with E-state index < -0.39 is 0 Å². The molecule has 1 saturated carbocycles. The maximum atomic E-state index is 6.39. The number of aryl methyl sites for hydroxylation is 1. The number of likely N-dealkylation sites (tertiary alicyclic amines) is 1. The molecule has 3 rings (SSSR count). The molecule has 3 nitrogen and oxygen atoms in total. The third-order valence-corrected chi connectivity index (χ3v) is 9.18. The molecule has 0 amide bonds. The first-order valence-corrected chi connectivity index (χ1v) is 16.2. The highest BCUT2D eigenvalue weighted by molar-refractivity contribution is 6.00. The first kappa shape index (κ1) is 32.7. The van der Waals surface area contributed by atoms with E-state index >= 15 is 0 Å². The van der Waals surface area contributed by atoms with Gasteiger partial charge in [0.25, 0.3) is 0 Å². The van der Waals surface area contributed by atoms with Gasteiger partial charge >= 0.3 is 0 Å². The van der Waals surface area contributed by atoms with Crippen molar-refractivity contribution in [3.8, 4) is 5.75 Å². The van der Waals surface area contributed by atoms with Crippen molar-refractivity contribution >= 4 is 11.4 Å². The molecule has 1 aliphatic heterocycles. The van der Waals surface area contributed by atoms with Gasteiger partial charge in [-0.2, -0.15) is 0 Å². The average molecular weight is 557 g/mol. The van der Waals surface area contributed by atoms with Crippen LogP contribution >= 0.6 is 0 Å². The van der Waals surface area contributed by atoms with Crippen molar-refractivity contribution < 1.29 is 4.74 Å². The van der Waals surface area contributed by atoms with Crippen LogP contribution in [0.3, 0.4) is 0 Å². The van der Waals surface area contributed by atoms with Crippen molar-refractivity contribution in [1.82, 2.24) is 4.90 Å². The molecule has 0 bridgehead atoms. The van der Waals surface area contributed by atoms with Gasteiger partial charge in [0.2, 0.25) is 0 Å². The number of allylic oxidation sites excluding steroid dienone is 8. The third kappa shape index (κ3) is 9.09. The van der Waals surface area contributed by atoms with Crippen LogP contribution in [-0.4, -0.2) is 23.7 Å². The van der Waals surface area contributed by atoms with Gasteiger partial charge in [-0.25, -0.2) is 0 Å². The molecule has 2 fully saturated rings. The van der Waals surface area contributed by atoms with Gasteiger partial charge in [-0.3, -0.25) is 4.99 Å². The normalized spacial score (nSPS) is 19.9. The Morgan fingerprint density at radius 1 is 1.12 bits per heavy atom. The van der Waals surface area contributed by atoms with Gasteiger partial charge < -0.3 is 9.64 Å². The summed E-state index contributed by atoms with van der Waals surface area (Å²) in [5.74, 6) is 3.07. The second-order valence-electron chi connectivity index (χ2n) is 12.2. The molecule has 0 spiro atoms. The van der Waals surface area contributed by atoms with Gasteiger partial charge in [-0.15, -0.1) is 0 Å². The molecule has 1 saturated heterocycles. The minimum absolute atomic E-state index is 0.356. The highest BCUT2D eigenvalue weighted by Crippen LogP contribution is 2.33. The molecular weight excluding hydrogens is 500 g/mol. The molecule has 0 aromatic heterocycles. The Morgan fingerprint density at radius 2 is 1.88 bits per heavy atom.